The van der Waals surface area contributed by atoms with Crippen LogP contribution in [0.5, 0.6) is 5.75 Å². The number of ether oxygens (including phenoxy) is 1. The number of carbonyl (C=O) groups is 2. The summed E-state index contributed by atoms with van der Waals surface area (Å²) in [6.45, 7) is 8.63. The lowest BCUT2D eigenvalue weighted by atomic mass is 9.73. The molecule has 0 saturated heterocycles. The molecule has 0 aromatic heterocycles. The quantitative estimate of drug-likeness (QED) is 0.698. The number of rotatable bonds is 4. The fraction of sp³-hybridized carbons (Fsp3) is 0.385. The summed E-state index contributed by atoms with van der Waals surface area (Å²) >= 11 is 0. The molecule has 1 aliphatic carbocycles. The number of hydrogen-bond acceptors (Lipinski definition) is 4. The van der Waals surface area contributed by atoms with E-state index in [-0.39, 0.29) is 17.1 Å². The van der Waals surface area contributed by atoms with E-state index in [0.717, 1.165) is 34.8 Å². The number of nitrogens with zero attached hydrogens (tertiary/aromatic N) is 1. The third-order valence-corrected chi connectivity index (χ3v) is 5.98. The first-order valence-corrected chi connectivity index (χ1v) is 11.0. The molecule has 0 spiro atoms. The summed E-state index contributed by atoms with van der Waals surface area (Å²) < 4.78 is 5.61. The molecule has 0 saturated carbocycles. The number of hydrogen-bond donors (Lipinski definition) is 1. The molecule has 1 N–H and O–H groups in total. The van der Waals surface area contributed by atoms with E-state index >= 15 is 0 Å². The Morgan fingerprint density at radius 2 is 1.81 bits per heavy atom. The molecule has 2 aliphatic rings. The molecule has 162 valence electrons. The van der Waals surface area contributed by atoms with Gasteiger partial charge in [0.1, 0.15) is 5.75 Å². The predicted octanol–water partition coefficient (Wildman–Crippen LogP) is 5.64. The average molecular weight is 419 g/mol. The Hall–Kier alpha value is -3.08. The normalized spacial score (nSPS) is 19.8. The molecule has 31 heavy (non-hydrogen) atoms. The van der Waals surface area contributed by atoms with Gasteiger partial charge in [0.2, 0.25) is 5.91 Å². The van der Waals surface area contributed by atoms with Crippen LogP contribution in [0.1, 0.15) is 58.6 Å². The molecule has 1 atom stereocenters. The van der Waals surface area contributed by atoms with Crippen LogP contribution in [0.25, 0.3) is 0 Å². The van der Waals surface area contributed by atoms with Gasteiger partial charge in [-0.2, -0.15) is 0 Å². The zero-order valence-electron chi connectivity index (χ0n) is 18.7. The maximum atomic E-state index is 13.5. The second kappa shape index (κ2) is 8.22. The van der Waals surface area contributed by atoms with Crippen molar-refractivity contribution in [2.75, 3.05) is 16.8 Å². The smallest absolute Gasteiger partial charge is 0.227 e. The highest BCUT2D eigenvalue weighted by Gasteiger charge is 2.42. The molecular weight excluding hydrogens is 388 g/mol. The zero-order valence-corrected chi connectivity index (χ0v) is 18.7. The van der Waals surface area contributed by atoms with Crippen LogP contribution >= 0.6 is 0 Å². The number of nitrogens with one attached hydrogen (secondary N) is 1. The maximum Gasteiger partial charge on any atom is 0.227 e. The van der Waals surface area contributed by atoms with Crippen molar-refractivity contribution in [1.29, 1.82) is 0 Å². The number of fused-ring (bicyclic) bond motifs is 1. The minimum atomic E-state index is -0.474. The number of allylic oxidation sites excluding steroid dienone is 1. The van der Waals surface area contributed by atoms with E-state index in [1.165, 1.54) is 0 Å². The molecule has 4 rings (SSSR count). The van der Waals surface area contributed by atoms with Gasteiger partial charge in [-0.15, -0.1) is 0 Å². The van der Waals surface area contributed by atoms with E-state index < -0.39 is 6.04 Å². The Kier molecular flexibility index (Phi) is 5.61. The van der Waals surface area contributed by atoms with Crippen LogP contribution in [-0.2, 0) is 9.59 Å². The van der Waals surface area contributed by atoms with Crippen LogP contribution in [0.4, 0.5) is 11.4 Å². The molecule has 0 unspecified atom stereocenters. The van der Waals surface area contributed by atoms with Gasteiger partial charge in [0.05, 0.1) is 24.0 Å². The lowest BCUT2D eigenvalue weighted by Crippen LogP contribution is -2.39. The third-order valence-electron chi connectivity index (χ3n) is 5.98. The van der Waals surface area contributed by atoms with E-state index in [2.05, 4.69) is 19.2 Å². The molecule has 2 aromatic carbocycles. The van der Waals surface area contributed by atoms with Crippen molar-refractivity contribution in [3.05, 3.63) is 65.4 Å². The highest BCUT2D eigenvalue weighted by Crippen LogP contribution is 2.48. The minimum Gasteiger partial charge on any atom is -0.494 e. The highest BCUT2D eigenvalue weighted by molar-refractivity contribution is 6.06. The molecule has 5 nitrogen and oxygen atoms in total. The number of para-hydroxylation sites is 2. The molecule has 5 heteroatoms. The van der Waals surface area contributed by atoms with E-state index in [4.69, 9.17) is 4.74 Å². The average Bonchev–Trinajstić information content (AvgIpc) is 2.87. The summed E-state index contributed by atoms with van der Waals surface area (Å²) in [5, 5.41) is 3.53. The van der Waals surface area contributed by atoms with Crippen molar-refractivity contribution in [2.45, 2.75) is 53.0 Å². The van der Waals surface area contributed by atoms with Gasteiger partial charge in [0.15, 0.2) is 5.78 Å². The van der Waals surface area contributed by atoms with Crippen molar-refractivity contribution in [1.82, 2.24) is 0 Å². The summed E-state index contributed by atoms with van der Waals surface area (Å²) in [4.78, 5) is 28.6. The summed E-state index contributed by atoms with van der Waals surface area (Å²) in [5.41, 5.74) is 4.04. The number of anilines is 2. The Morgan fingerprint density at radius 3 is 2.48 bits per heavy atom. The largest absolute Gasteiger partial charge is 0.494 e. The van der Waals surface area contributed by atoms with Gasteiger partial charge in [-0.05, 0) is 48.6 Å². The lowest BCUT2D eigenvalue weighted by Gasteiger charge is -2.37. The summed E-state index contributed by atoms with van der Waals surface area (Å²) in [5.74, 6) is 0.857. The second-order valence-electron chi connectivity index (χ2n) is 9.00. The molecule has 1 aliphatic heterocycles. The monoisotopic (exact) mass is 418 g/mol. The number of carbonyl (C=O) groups excluding carboxylic acids is 2. The number of ketones is 1. The SMILES string of the molecule is CCOc1ccc([C@H]2C3=C(CC(C)(C)CC3=O)Nc3ccccc3N2C(=O)CC)cc1. The standard InChI is InChI=1S/C26H30N2O3/c1-5-23(30)28-21-10-8-7-9-19(21)27-20-15-26(3,4)16-22(29)24(20)25(28)17-11-13-18(14-12-17)31-6-2/h7-14,25,27H,5-6,15-16H2,1-4H3/t25-/m0/s1. The van der Waals surface area contributed by atoms with E-state index in [0.29, 0.717) is 25.0 Å². The van der Waals surface area contributed by atoms with Gasteiger partial charge < -0.3 is 10.1 Å². The third kappa shape index (κ3) is 3.97. The minimum absolute atomic E-state index is 0.0143. The summed E-state index contributed by atoms with van der Waals surface area (Å²) in [7, 11) is 0. The van der Waals surface area contributed by atoms with Gasteiger partial charge in [0.25, 0.3) is 0 Å². The van der Waals surface area contributed by atoms with E-state index in [1.54, 1.807) is 4.90 Å². The van der Waals surface area contributed by atoms with Crippen LogP contribution in [-0.4, -0.2) is 18.3 Å². The van der Waals surface area contributed by atoms with Crippen molar-refractivity contribution in [2.24, 2.45) is 5.41 Å². The van der Waals surface area contributed by atoms with Crippen molar-refractivity contribution in [3.63, 3.8) is 0 Å². The van der Waals surface area contributed by atoms with Crippen LogP contribution < -0.4 is 15.0 Å². The molecule has 0 bridgehead atoms. The van der Waals surface area contributed by atoms with Gasteiger partial charge in [0, 0.05) is 24.1 Å². The van der Waals surface area contributed by atoms with Crippen molar-refractivity contribution >= 4 is 23.1 Å². The Bertz CT molecular complexity index is 1040. The first-order valence-electron chi connectivity index (χ1n) is 11.0. The van der Waals surface area contributed by atoms with Gasteiger partial charge in [-0.1, -0.05) is 45.0 Å². The topological polar surface area (TPSA) is 58.6 Å². The van der Waals surface area contributed by atoms with Gasteiger partial charge in [-0.25, -0.2) is 0 Å². The number of amides is 1. The Morgan fingerprint density at radius 1 is 1.10 bits per heavy atom. The van der Waals surface area contributed by atoms with Crippen LogP contribution in [0.3, 0.4) is 0 Å². The van der Waals surface area contributed by atoms with Gasteiger partial charge in [-0.3, -0.25) is 14.5 Å². The van der Waals surface area contributed by atoms with Crippen molar-refractivity contribution in [3.8, 4) is 5.75 Å². The van der Waals surface area contributed by atoms with Crippen LogP contribution in [0.2, 0.25) is 0 Å². The van der Waals surface area contributed by atoms with Crippen molar-refractivity contribution < 1.29 is 14.3 Å². The lowest BCUT2D eigenvalue weighted by molar-refractivity contribution is -0.119. The zero-order chi connectivity index (χ0) is 22.2. The first kappa shape index (κ1) is 21.2. The second-order valence-corrected chi connectivity index (χ2v) is 9.00. The summed E-state index contributed by atoms with van der Waals surface area (Å²) in [6.07, 6.45) is 1.57. The number of Topliss-reactive ketones (excluding diaryl/α,β-unsaturated/α-hetero) is 1. The first-order chi connectivity index (χ1) is 14.8. The maximum absolute atomic E-state index is 13.5. The van der Waals surface area contributed by atoms with E-state index in [1.807, 2.05) is 62.4 Å². The Balaban J connectivity index is 1.95. The molecular formula is C26H30N2O3. The predicted molar refractivity (Wildman–Crippen MR) is 123 cm³/mol. The fourth-order valence-corrected chi connectivity index (χ4v) is 4.66. The molecule has 2 aromatic rings. The number of benzene rings is 2. The van der Waals surface area contributed by atoms with Crippen LogP contribution in [0, 0.1) is 5.41 Å². The molecule has 1 heterocycles. The van der Waals surface area contributed by atoms with Crippen LogP contribution in [0.15, 0.2) is 59.8 Å². The molecule has 0 radical (unpaired) electrons. The molecule has 0 fully saturated rings. The highest BCUT2D eigenvalue weighted by atomic mass is 16.5. The Labute approximate surface area is 184 Å². The van der Waals surface area contributed by atoms with Gasteiger partial charge >= 0.3 is 0 Å². The summed E-state index contributed by atoms with van der Waals surface area (Å²) in [6, 6.07) is 15.1. The van der Waals surface area contributed by atoms with E-state index in [9.17, 15) is 9.59 Å². The molecule has 1 amide bonds. The fourth-order valence-electron chi connectivity index (χ4n) is 4.66.